The lowest BCUT2D eigenvalue weighted by Crippen LogP contribution is -2.31. The van der Waals surface area contributed by atoms with E-state index in [1.807, 2.05) is 0 Å². The molecule has 0 unspecified atom stereocenters. The highest BCUT2D eigenvalue weighted by Crippen LogP contribution is 1.97. The van der Waals surface area contributed by atoms with Crippen molar-refractivity contribution >= 4 is 11.8 Å². The zero-order chi connectivity index (χ0) is 9.84. The van der Waals surface area contributed by atoms with Crippen LogP contribution in [0.1, 0.15) is 21.4 Å². The maximum atomic E-state index is 10.7. The number of hydrogen-bond acceptors (Lipinski definition) is 7. The highest BCUT2D eigenvalue weighted by molar-refractivity contribution is 5.92. The van der Waals surface area contributed by atoms with Crippen LogP contribution < -0.4 is 22.5 Å². The Kier molecular flexibility index (Phi) is 2.52. The Balaban J connectivity index is 2.86. The van der Waals surface area contributed by atoms with E-state index >= 15 is 0 Å². The molecule has 0 atom stereocenters. The quantitative estimate of drug-likeness (QED) is 0.222. The third-order valence-electron chi connectivity index (χ3n) is 1.08. The number of rotatable bonds is 2. The molecule has 1 heterocycles. The Bertz CT molecular complexity index is 302. The van der Waals surface area contributed by atoms with Crippen molar-refractivity contribution < 1.29 is 14.0 Å². The van der Waals surface area contributed by atoms with Crippen LogP contribution in [0, 0.1) is 0 Å². The lowest BCUT2D eigenvalue weighted by Gasteiger charge is -1.90. The van der Waals surface area contributed by atoms with E-state index in [4.69, 9.17) is 11.7 Å². The first-order valence-corrected chi connectivity index (χ1v) is 3.04. The second-order valence-corrected chi connectivity index (χ2v) is 1.86. The second-order valence-electron chi connectivity index (χ2n) is 1.86. The van der Waals surface area contributed by atoms with Crippen LogP contribution in [-0.2, 0) is 0 Å². The first-order chi connectivity index (χ1) is 6.19. The van der Waals surface area contributed by atoms with Crippen molar-refractivity contribution in [2.24, 2.45) is 11.7 Å². The molecule has 0 bridgehead atoms. The SMILES string of the molecule is NNC(=O)c1nnc(C(=O)NN)o1. The van der Waals surface area contributed by atoms with Gasteiger partial charge in [0.05, 0.1) is 0 Å². The number of nitrogen functional groups attached to an aromatic ring is 2. The molecular formula is C4H6N6O3. The van der Waals surface area contributed by atoms with Crippen molar-refractivity contribution in [3.63, 3.8) is 0 Å². The average molecular weight is 186 g/mol. The molecule has 1 aromatic rings. The van der Waals surface area contributed by atoms with Crippen LogP contribution in [0.25, 0.3) is 0 Å². The molecule has 0 saturated heterocycles. The van der Waals surface area contributed by atoms with E-state index in [0.717, 1.165) is 0 Å². The largest absolute Gasteiger partial charge is 0.408 e. The lowest BCUT2D eigenvalue weighted by molar-refractivity contribution is 0.0894. The van der Waals surface area contributed by atoms with Crippen molar-refractivity contribution in [2.75, 3.05) is 0 Å². The second kappa shape index (κ2) is 3.60. The molecule has 2 amide bonds. The van der Waals surface area contributed by atoms with Crippen LogP contribution in [0.5, 0.6) is 0 Å². The third-order valence-corrected chi connectivity index (χ3v) is 1.08. The molecule has 13 heavy (non-hydrogen) atoms. The van der Waals surface area contributed by atoms with Gasteiger partial charge in [-0.1, -0.05) is 0 Å². The molecular weight excluding hydrogens is 180 g/mol. The van der Waals surface area contributed by atoms with E-state index in [2.05, 4.69) is 14.6 Å². The van der Waals surface area contributed by atoms with E-state index < -0.39 is 23.6 Å². The molecule has 0 aliphatic heterocycles. The van der Waals surface area contributed by atoms with Crippen LogP contribution in [-0.4, -0.2) is 22.0 Å². The van der Waals surface area contributed by atoms with Gasteiger partial charge in [-0.25, -0.2) is 11.7 Å². The van der Waals surface area contributed by atoms with Gasteiger partial charge in [-0.2, -0.15) is 0 Å². The maximum Gasteiger partial charge on any atom is 0.322 e. The van der Waals surface area contributed by atoms with Crippen LogP contribution in [0.15, 0.2) is 4.42 Å². The van der Waals surface area contributed by atoms with Crippen molar-refractivity contribution in [3.8, 4) is 0 Å². The number of carbonyl (C=O) groups excluding carboxylic acids is 2. The fraction of sp³-hybridized carbons (Fsp3) is 0. The molecule has 6 N–H and O–H groups in total. The highest BCUT2D eigenvalue weighted by atomic mass is 16.4. The van der Waals surface area contributed by atoms with Crippen LogP contribution in [0.3, 0.4) is 0 Å². The summed E-state index contributed by atoms with van der Waals surface area (Å²) in [5.74, 6) is 7.13. The first-order valence-electron chi connectivity index (χ1n) is 3.04. The number of aromatic nitrogens is 2. The van der Waals surface area contributed by atoms with Gasteiger partial charge in [0.2, 0.25) is 0 Å². The molecule has 9 heteroatoms. The summed E-state index contributed by atoms with van der Waals surface area (Å²) in [6, 6.07) is 0. The van der Waals surface area contributed by atoms with Gasteiger partial charge in [-0.15, -0.1) is 10.2 Å². The lowest BCUT2D eigenvalue weighted by atomic mass is 10.6. The molecule has 0 aromatic carbocycles. The summed E-state index contributed by atoms with van der Waals surface area (Å²) in [6.07, 6.45) is 0. The van der Waals surface area contributed by atoms with E-state index in [1.54, 1.807) is 10.9 Å². The highest BCUT2D eigenvalue weighted by Gasteiger charge is 2.17. The van der Waals surface area contributed by atoms with Gasteiger partial charge in [-0.05, 0) is 0 Å². The van der Waals surface area contributed by atoms with Gasteiger partial charge in [0.25, 0.3) is 0 Å². The predicted molar refractivity (Wildman–Crippen MR) is 37.6 cm³/mol. The molecule has 0 fully saturated rings. The molecule has 1 aromatic heterocycles. The molecule has 0 radical (unpaired) electrons. The van der Waals surface area contributed by atoms with Crippen LogP contribution >= 0.6 is 0 Å². The van der Waals surface area contributed by atoms with E-state index in [0.29, 0.717) is 0 Å². The summed E-state index contributed by atoms with van der Waals surface area (Å²) >= 11 is 0. The van der Waals surface area contributed by atoms with Crippen molar-refractivity contribution in [3.05, 3.63) is 11.8 Å². The Morgan fingerprint density at radius 3 is 1.77 bits per heavy atom. The fourth-order valence-corrected chi connectivity index (χ4v) is 0.530. The minimum Gasteiger partial charge on any atom is -0.408 e. The number of nitrogens with two attached hydrogens (primary N) is 2. The minimum absolute atomic E-state index is 0.416. The molecule has 0 saturated carbocycles. The zero-order valence-corrected chi connectivity index (χ0v) is 6.27. The van der Waals surface area contributed by atoms with Gasteiger partial charge < -0.3 is 4.42 Å². The van der Waals surface area contributed by atoms with Gasteiger partial charge in [0.1, 0.15) is 0 Å². The van der Waals surface area contributed by atoms with Crippen molar-refractivity contribution in [1.29, 1.82) is 0 Å². The molecule has 1 rings (SSSR count). The number of carbonyl (C=O) groups is 2. The summed E-state index contributed by atoms with van der Waals surface area (Å²) in [4.78, 5) is 21.5. The summed E-state index contributed by atoms with van der Waals surface area (Å²) in [7, 11) is 0. The number of nitrogens with zero attached hydrogens (tertiary/aromatic N) is 2. The first kappa shape index (κ1) is 9.09. The number of nitrogens with one attached hydrogen (secondary N) is 2. The monoisotopic (exact) mass is 186 g/mol. The summed E-state index contributed by atoms with van der Waals surface area (Å²) in [5.41, 5.74) is 3.51. The number of hydrogen-bond donors (Lipinski definition) is 4. The Hall–Kier alpha value is -2.00. The number of amides is 2. The van der Waals surface area contributed by atoms with Crippen molar-refractivity contribution in [1.82, 2.24) is 21.0 Å². The topological polar surface area (TPSA) is 149 Å². The Morgan fingerprint density at radius 2 is 1.46 bits per heavy atom. The van der Waals surface area contributed by atoms with Gasteiger partial charge in [0, 0.05) is 0 Å². The van der Waals surface area contributed by atoms with Gasteiger partial charge >= 0.3 is 23.6 Å². The van der Waals surface area contributed by atoms with E-state index in [1.165, 1.54) is 0 Å². The maximum absolute atomic E-state index is 10.7. The van der Waals surface area contributed by atoms with Gasteiger partial charge in [0.15, 0.2) is 0 Å². The van der Waals surface area contributed by atoms with Crippen LogP contribution in [0.4, 0.5) is 0 Å². The molecule has 9 nitrogen and oxygen atoms in total. The van der Waals surface area contributed by atoms with E-state index in [-0.39, 0.29) is 0 Å². The summed E-state index contributed by atoms with van der Waals surface area (Å²) < 4.78 is 4.58. The molecule has 0 aliphatic carbocycles. The fourth-order valence-electron chi connectivity index (χ4n) is 0.530. The van der Waals surface area contributed by atoms with E-state index in [9.17, 15) is 9.59 Å². The van der Waals surface area contributed by atoms with Crippen molar-refractivity contribution in [2.45, 2.75) is 0 Å². The normalized spacial score (nSPS) is 9.38. The van der Waals surface area contributed by atoms with Gasteiger partial charge in [-0.3, -0.25) is 20.4 Å². The van der Waals surface area contributed by atoms with Crippen LogP contribution in [0.2, 0.25) is 0 Å². The standard InChI is InChI=1S/C4H6N6O3/c5-7-1(11)3-9-10-4(13-3)2(12)8-6/h5-6H2,(H,7,11)(H,8,12). The zero-order valence-electron chi connectivity index (χ0n) is 6.27. The summed E-state index contributed by atoms with van der Waals surface area (Å²) in [6.45, 7) is 0. The molecule has 70 valence electrons. The number of hydrazine groups is 2. The molecule has 0 aliphatic rings. The average Bonchev–Trinajstić information content (AvgIpc) is 2.64. The minimum atomic E-state index is -0.788. The Labute approximate surface area is 71.4 Å². The predicted octanol–water partition coefficient (Wildman–Crippen LogP) is -2.72. The Morgan fingerprint density at radius 1 is 1.08 bits per heavy atom. The third kappa shape index (κ3) is 1.77. The smallest absolute Gasteiger partial charge is 0.322 e. The molecule has 0 spiro atoms. The summed E-state index contributed by atoms with van der Waals surface area (Å²) in [5, 5.41) is 6.46.